The largest absolute Gasteiger partial charge is 0.455 e. The van der Waals surface area contributed by atoms with Crippen molar-refractivity contribution >= 4 is 72.6 Å². The average Bonchev–Trinajstić information content (AvgIpc) is 3.94. The van der Waals surface area contributed by atoms with Gasteiger partial charge < -0.3 is 8.98 Å². The molecule has 0 atom stereocenters. The normalized spacial score (nSPS) is 13.1. The van der Waals surface area contributed by atoms with E-state index in [1.165, 1.54) is 26.3 Å². The lowest BCUT2D eigenvalue weighted by atomic mass is 10.1. The molecule has 5 heteroatoms. The summed E-state index contributed by atoms with van der Waals surface area (Å²) in [5.41, 5.74) is 10.3. The number of fused-ring (bicyclic) bond motifs is 10. The minimum atomic E-state index is -2.87. The number of para-hydroxylation sites is 2. The van der Waals surface area contributed by atoms with Crippen molar-refractivity contribution in [3.8, 4) is 39.6 Å². The van der Waals surface area contributed by atoms with Crippen LogP contribution in [0.5, 0.6) is 0 Å². The van der Waals surface area contributed by atoms with Crippen LogP contribution in [0.25, 0.3) is 83.3 Å². The maximum absolute atomic E-state index is 6.59. The highest BCUT2D eigenvalue weighted by Crippen LogP contribution is 2.41. The smallest absolute Gasteiger partial charge is 0.185 e. The van der Waals surface area contributed by atoms with Gasteiger partial charge in [-0.15, -0.1) is 0 Å². The SMILES string of the molecule is c1ccc(-c2nc(-c3cccc(-n4c5ccccc5c5c6oc7ccccc7c6ccc54)c3)nc3c2[Si](c2ccccc2)(c2ccccc2)c2ccccc2-3)cc1. The second-order valence-corrected chi connectivity index (χ2v) is 18.5. The van der Waals surface area contributed by atoms with Gasteiger partial charge in [0, 0.05) is 43.7 Å². The van der Waals surface area contributed by atoms with Gasteiger partial charge in [-0.25, -0.2) is 9.97 Å². The lowest BCUT2D eigenvalue weighted by Gasteiger charge is -2.32. The molecular formula is C52H33N3OSi. The molecule has 266 valence electrons. The highest BCUT2D eigenvalue weighted by molar-refractivity contribution is 7.22. The van der Waals surface area contributed by atoms with Crippen LogP contribution >= 0.6 is 0 Å². The van der Waals surface area contributed by atoms with Gasteiger partial charge in [0.25, 0.3) is 0 Å². The van der Waals surface area contributed by atoms with Gasteiger partial charge in [-0.2, -0.15) is 0 Å². The van der Waals surface area contributed by atoms with Gasteiger partial charge in [0.15, 0.2) is 13.9 Å². The summed E-state index contributed by atoms with van der Waals surface area (Å²) in [7, 11) is -2.87. The molecule has 1 aliphatic rings. The zero-order valence-electron chi connectivity index (χ0n) is 30.8. The average molecular weight is 744 g/mol. The number of benzene rings is 8. The van der Waals surface area contributed by atoms with Crippen molar-refractivity contribution in [2.45, 2.75) is 0 Å². The predicted molar refractivity (Wildman–Crippen MR) is 237 cm³/mol. The highest BCUT2D eigenvalue weighted by Gasteiger charge is 2.51. The van der Waals surface area contributed by atoms with Crippen molar-refractivity contribution in [2.75, 3.05) is 0 Å². The van der Waals surface area contributed by atoms with Crippen molar-refractivity contribution in [3.63, 3.8) is 0 Å². The zero-order chi connectivity index (χ0) is 37.5. The molecule has 12 rings (SSSR count). The summed E-state index contributed by atoms with van der Waals surface area (Å²) < 4.78 is 8.94. The molecular weight excluding hydrogens is 711 g/mol. The summed E-state index contributed by atoms with van der Waals surface area (Å²) in [6, 6.07) is 71.8. The van der Waals surface area contributed by atoms with Crippen molar-refractivity contribution in [3.05, 3.63) is 200 Å². The van der Waals surface area contributed by atoms with Gasteiger partial charge in [-0.3, -0.25) is 0 Å². The first-order chi connectivity index (χ1) is 28.3. The molecule has 4 heterocycles. The summed E-state index contributed by atoms with van der Waals surface area (Å²) in [5.74, 6) is 0.704. The molecule has 0 bridgehead atoms. The third kappa shape index (κ3) is 4.55. The Morgan fingerprint density at radius 3 is 1.88 bits per heavy atom. The zero-order valence-corrected chi connectivity index (χ0v) is 31.8. The Labute approximate surface area is 330 Å². The molecule has 0 aliphatic carbocycles. The van der Waals surface area contributed by atoms with E-state index in [2.05, 4.69) is 199 Å². The van der Waals surface area contributed by atoms with Crippen LogP contribution in [0, 0.1) is 0 Å². The van der Waals surface area contributed by atoms with Crippen molar-refractivity contribution in [2.24, 2.45) is 0 Å². The van der Waals surface area contributed by atoms with Crippen molar-refractivity contribution < 1.29 is 4.42 Å². The van der Waals surface area contributed by atoms with Crippen molar-refractivity contribution in [1.29, 1.82) is 0 Å². The maximum atomic E-state index is 6.59. The second-order valence-electron chi connectivity index (χ2n) is 14.9. The van der Waals surface area contributed by atoms with Gasteiger partial charge in [-0.1, -0.05) is 164 Å². The topological polar surface area (TPSA) is 43.9 Å². The second kappa shape index (κ2) is 12.3. The third-order valence-corrected chi connectivity index (χ3v) is 16.7. The van der Waals surface area contributed by atoms with Crippen molar-refractivity contribution in [1.82, 2.24) is 14.5 Å². The molecule has 0 amide bonds. The van der Waals surface area contributed by atoms with Crippen LogP contribution in [0.3, 0.4) is 0 Å². The van der Waals surface area contributed by atoms with E-state index in [0.29, 0.717) is 5.82 Å². The van der Waals surface area contributed by atoms with Gasteiger partial charge in [0.05, 0.1) is 27.8 Å². The fourth-order valence-corrected chi connectivity index (χ4v) is 14.8. The Morgan fingerprint density at radius 2 is 1.09 bits per heavy atom. The summed E-state index contributed by atoms with van der Waals surface area (Å²) in [5, 5.41) is 9.75. The molecule has 8 aromatic carbocycles. The fraction of sp³-hybridized carbons (Fsp3) is 0. The molecule has 11 aromatic rings. The van der Waals surface area contributed by atoms with Crippen LogP contribution < -0.4 is 20.7 Å². The molecule has 0 N–H and O–H groups in total. The van der Waals surface area contributed by atoms with Crippen LogP contribution in [0.1, 0.15) is 0 Å². The monoisotopic (exact) mass is 743 g/mol. The van der Waals surface area contributed by atoms with Gasteiger partial charge in [0.2, 0.25) is 0 Å². The molecule has 3 aromatic heterocycles. The molecule has 0 spiro atoms. The quantitative estimate of drug-likeness (QED) is 0.165. The fourth-order valence-electron chi connectivity index (χ4n) is 9.54. The Bertz CT molecular complexity index is 3310. The van der Waals surface area contributed by atoms with E-state index < -0.39 is 8.07 Å². The highest BCUT2D eigenvalue weighted by atomic mass is 28.3. The van der Waals surface area contributed by atoms with Gasteiger partial charge in [0.1, 0.15) is 11.2 Å². The minimum Gasteiger partial charge on any atom is -0.455 e. The van der Waals surface area contributed by atoms with E-state index in [1.807, 2.05) is 6.07 Å². The Morgan fingerprint density at radius 1 is 0.456 bits per heavy atom. The molecule has 0 radical (unpaired) electrons. The Hall–Kier alpha value is -7.34. The van der Waals surface area contributed by atoms with E-state index >= 15 is 0 Å². The van der Waals surface area contributed by atoms with Crippen LogP contribution in [-0.2, 0) is 0 Å². The first-order valence-corrected chi connectivity index (χ1v) is 21.4. The summed E-state index contributed by atoms with van der Waals surface area (Å²) in [6.45, 7) is 0. The number of hydrogen-bond donors (Lipinski definition) is 0. The third-order valence-electron chi connectivity index (χ3n) is 11.9. The van der Waals surface area contributed by atoms with E-state index in [1.54, 1.807) is 0 Å². The lowest BCUT2D eigenvalue weighted by molar-refractivity contribution is 0.673. The van der Waals surface area contributed by atoms with Crippen LogP contribution in [0.15, 0.2) is 205 Å². The van der Waals surface area contributed by atoms with E-state index in [9.17, 15) is 0 Å². The molecule has 0 saturated carbocycles. The molecule has 4 nitrogen and oxygen atoms in total. The van der Waals surface area contributed by atoms with Crippen LogP contribution in [0.2, 0.25) is 0 Å². The number of rotatable bonds is 5. The van der Waals surface area contributed by atoms with Crippen LogP contribution in [0.4, 0.5) is 0 Å². The first kappa shape index (κ1) is 32.0. The van der Waals surface area contributed by atoms with Gasteiger partial charge >= 0.3 is 0 Å². The summed E-state index contributed by atoms with van der Waals surface area (Å²) in [6.07, 6.45) is 0. The lowest BCUT2D eigenvalue weighted by Crippen LogP contribution is -2.73. The number of nitrogens with zero attached hydrogens (tertiary/aromatic N) is 3. The van der Waals surface area contributed by atoms with E-state index in [4.69, 9.17) is 14.4 Å². The number of furan rings is 1. The minimum absolute atomic E-state index is 0.704. The van der Waals surface area contributed by atoms with Gasteiger partial charge in [-0.05, 0) is 52.0 Å². The summed E-state index contributed by atoms with van der Waals surface area (Å²) in [4.78, 5) is 11.2. The predicted octanol–water partition coefficient (Wildman–Crippen LogP) is 10.2. The molecule has 1 aliphatic heterocycles. The number of hydrogen-bond acceptors (Lipinski definition) is 3. The standard InChI is InChI=1S/C52H33N3OSi/c1-4-17-34(18-5-1)48-51-49(42-27-12-15-30-46(42)57(51,37-21-6-2-7-22-37)38-23-8-3-9-24-38)54-52(53-48)35-19-16-20-36(33-35)55-43-28-13-10-26-41(43)47-44(55)32-31-40-39-25-11-14-29-45(39)56-50(40)47/h1-33H. The molecule has 0 fully saturated rings. The van der Waals surface area contributed by atoms with E-state index in [-0.39, 0.29) is 0 Å². The molecule has 57 heavy (non-hydrogen) atoms. The molecule has 0 unspecified atom stereocenters. The Balaban J connectivity index is 1.13. The Kier molecular flexibility index (Phi) is 6.91. The summed E-state index contributed by atoms with van der Waals surface area (Å²) >= 11 is 0. The first-order valence-electron chi connectivity index (χ1n) is 19.4. The van der Waals surface area contributed by atoms with Crippen LogP contribution in [-0.4, -0.2) is 22.6 Å². The molecule has 0 saturated heterocycles. The van der Waals surface area contributed by atoms with E-state index in [0.717, 1.165) is 71.9 Å². The number of aromatic nitrogens is 3. The maximum Gasteiger partial charge on any atom is 0.185 e.